The van der Waals surface area contributed by atoms with Crippen LogP contribution in [-0.4, -0.2) is 42.9 Å². The van der Waals surface area contributed by atoms with Gasteiger partial charge in [-0.15, -0.1) is 0 Å². The minimum Gasteiger partial charge on any atom is -0.329 e. The van der Waals surface area contributed by atoms with Gasteiger partial charge < -0.3 is 16.4 Å². The van der Waals surface area contributed by atoms with Gasteiger partial charge in [0.2, 0.25) is 0 Å². The Kier molecular flexibility index (Phi) is 7.64. The Labute approximate surface area is 93.6 Å². The number of hydrogen-bond donors (Lipinski definition) is 3. The molecule has 4 heteroatoms. The zero-order valence-corrected chi connectivity index (χ0v) is 10.5. The molecule has 4 N–H and O–H groups in total. The summed E-state index contributed by atoms with van der Waals surface area (Å²) in [6.07, 6.45) is 1.16. The maximum absolute atomic E-state index is 5.85. The van der Waals surface area contributed by atoms with Crippen LogP contribution in [-0.2, 0) is 0 Å². The van der Waals surface area contributed by atoms with Crippen LogP contribution < -0.4 is 11.5 Å². The molecule has 0 saturated heterocycles. The van der Waals surface area contributed by atoms with Gasteiger partial charge in [-0.3, -0.25) is 0 Å². The van der Waals surface area contributed by atoms with Crippen molar-refractivity contribution in [2.45, 2.75) is 32.4 Å². The van der Waals surface area contributed by atoms with E-state index >= 15 is 0 Å². The summed E-state index contributed by atoms with van der Waals surface area (Å²) in [6.45, 7) is 6.00. The van der Waals surface area contributed by atoms with Crippen LogP contribution in [0.4, 0.5) is 0 Å². The van der Waals surface area contributed by atoms with E-state index in [1.807, 2.05) is 0 Å². The molecule has 0 aliphatic rings. The van der Waals surface area contributed by atoms with Gasteiger partial charge in [-0.1, -0.05) is 20.3 Å². The third-order valence-corrected chi connectivity index (χ3v) is 3.33. The Morgan fingerprint density at radius 1 is 1.43 bits per heavy atom. The van der Waals surface area contributed by atoms with Gasteiger partial charge in [0.05, 0.1) is 0 Å². The van der Waals surface area contributed by atoms with Crippen LogP contribution >= 0.6 is 12.6 Å². The largest absolute Gasteiger partial charge is 0.329 e. The summed E-state index contributed by atoms with van der Waals surface area (Å²) in [5, 5.41) is 0. The summed E-state index contributed by atoms with van der Waals surface area (Å²) in [7, 11) is 2.09. The third kappa shape index (κ3) is 4.64. The predicted molar refractivity (Wildman–Crippen MR) is 66.8 cm³/mol. The van der Waals surface area contributed by atoms with Crippen LogP contribution in [0.15, 0.2) is 0 Å². The summed E-state index contributed by atoms with van der Waals surface area (Å²) in [5.74, 6) is 1.35. The molecule has 0 saturated carbocycles. The Morgan fingerprint density at radius 2 is 2.00 bits per heavy atom. The smallest absolute Gasteiger partial charge is 0.0257 e. The highest BCUT2D eigenvalue weighted by molar-refractivity contribution is 7.80. The van der Waals surface area contributed by atoms with Crippen molar-refractivity contribution in [2.24, 2.45) is 17.4 Å². The van der Waals surface area contributed by atoms with Crippen molar-refractivity contribution in [1.29, 1.82) is 0 Å². The standard InChI is InChI=1S/C10H25N3S/c1-4-8(2)10(5-11)13(3)6-9(12)7-14/h8-10,14H,4-7,11-12H2,1-3H3/t8-,9+,10+/m0/s1. The monoisotopic (exact) mass is 219 g/mol. The molecule has 0 aromatic carbocycles. The second kappa shape index (κ2) is 7.51. The summed E-state index contributed by atoms with van der Waals surface area (Å²) in [5.41, 5.74) is 11.6. The van der Waals surface area contributed by atoms with Crippen molar-refractivity contribution in [2.75, 3.05) is 25.9 Å². The number of nitrogens with zero attached hydrogens (tertiary/aromatic N) is 1. The highest BCUT2D eigenvalue weighted by Gasteiger charge is 2.19. The van der Waals surface area contributed by atoms with Crippen molar-refractivity contribution in [3.8, 4) is 0 Å². The molecule has 0 aliphatic heterocycles. The Bertz CT molecular complexity index is 143. The Hall–Kier alpha value is 0.230. The molecule has 0 fully saturated rings. The normalized spacial score (nSPS) is 18.2. The van der Waals surface area contributed by atoms with Gasteiger partial charge >= 0.3 is 0 Å². The molecule has 0 aliphatic carbocycles. The second-order valence-electron chi connectivity index (χ2n) is 4.07. The summed E-state index contributed by atoms with van der Waals surface area (Å²) >= 11 is 4.18. The van der Waals surface area contributed by atoms with E-state index in [0.717, 1.165) is 18.7 Å². The van der Waals surface area contributed by atoms with Gasteiger partial charge in [0.25, 0.3) is 0 Å². The van der Waals surface area contributed by atoms with Crippen molar-refractivity contribution < 1.29 is 0 Å². The molecule has 0 heterocycles. The molecule has 0 unspecified atom stereocenters. The average molecular weight is 219 g/mol. The van der Waals surface area contributed by atoms with Gasteiger partial charge in [0.1, 0.15) is 0 Å². The zero-order chi connectivity index (χ0) is 11.1. The van der Waals surface area contributed by atoms with E-state index < -0.39 is 0 Å². The molecule has 0 aromatic rings. The fourth-order valence-corrected chi connectivity index (χ4v) is 1.80. The molecule has 0 radical (unpaired) electrons. The molecule has 3 nitrogen and oxygen atoms in total. The van der Waals surface area contributed by atoms with E-state index in [1.165, 1.54) is 0 Å². The minimum atomic E-state index is 0.140. The summed E-state index contributed by atoms with van der Waals surface area (Å²) in [4.78, 5) is 2.26. The zero-order valence-electron chi connectivity index (χ0n) is 9.61. The number of nitrogens with two attached hydrogens (primary N) is 2. The SMILES string of the molecule is CC[C@H](C)[C@@H](CN)N(C)C[C@@H](N)CS. The first-order chi connectivity index (χ1) is 6.56. The topological polar surface area (TPSA) is 55.3 Å². The molecule has 86 valence electrons. The van der Waals surface area contributed by atoms with E-state index in [2.05, 4.69) is 38.4 Å². The Balaban J connectivity index is 4.09. The van der Waals surface area contributed by atoms with Crippen LogP contribution in [0.2, 0.25) is 0 Å². The lowest BCUT2D eigenvalue weighted by Crippen LogP contribution is -2.47. The van der Waals surface area contributed by atoms with Crippen molar-refractivity contribution in [3.63, 3.8) is 0 Å². The van der Waals surface area contributed by atoms with Crippen molar-refractivity contribution in [3.05, 3.63) is 0 Å². The molecule has 3 atom stereocenters. The molecular formula is C10H25N3S. The first kappa shape index (κ1) is 14.2. The van der Waals surface area contributed by atoms with E-state index in [-0.39, 0.29) is 6.04 Å². The third-order valence-electron chi connectivity index (χ3n) is 2.87. The lowest BCUT2D eigenvalue weighted by atomic mass is 9.98. The highest BCUT2D eigenvalue weighted by atomic mass is 32.1. The van der Waals surface area contributed by atoms with E-state index in [4.69, 9.17) is 11.5 Å². The van der Waals surface area contributed by atoms with Crippen LogP contribution in [0, 0.1) is 5.92 Å². The van der Waals surface area contributed by atoms with E-state index in [1.54, 1.807) is 0 Å². The molecule has 0 aromatic heterocycles. The Morgan fingerprint density at radius 3 is 2.36 bits per heavy atom. The maximum Gasteiger partial charge on any atom is 0.0257 e. The first-order valence-electron chi connectivity index (χ1n) is 5.33. The average Bonchev–Trinajstić information content (AvgIpc) is 2.18. The molecule has 0 rings (SSSR count). The quantitative estimate of drug-likeness (QED) is 0.548. The molecular weight excluding hydrogens is 194 g/mol. The fourth-order valence-electron chi connectivity index (χ4n) is 1.68. The van der Waals surface area contributed by atoms with Crippen LogP contribution in [0.5, 0.6) is 0 Å². The number of likely N-dealkylation sites (N-methyl/N-ethyl adjacent to an activating group) is 1. The minimum absolute atomic E-state index is 0.140. The number of hydrogen-bond acceptors (Lipinski definition) is 4. The van der Waals surface area contributed by atoms with Gasteiger partial charge in [0, 0.05) is 30.9 Å². The second-order valence-corrected chi connectivity index (χ2v) is 4.44. The van der Waals surface area contributed by atoms with E-state index in [9.17, 15) is 0 Å². The van der Waals surface area contributed by atoms with Gasteiger partial charge in [-0.2, -0.15) is 12.6 Å². The molecule has 0 bridgehead atoms. The lowest BCUT2D eigenvalue weighted by Gasteiger charge is -2.32. The highest BCUT2D eigenvalue weighted by Crippen LogP contribution is 2.12. The summed E-state index contributed by atoms with van der Waals surface area (Å²) < 4.78 is 0. The van der Waals surface area contributed by atoms with Crippen molar-refractivity contribution in [1.82, 2.24) is 4.90 Å². The maximum atomic E-state index is 5.85. The molecule has 0 amide bonds. The van der Waals surface area contributed by atoms with Crippen LogP contribution in [0.25, 0.3) is 0 Å². The fraction of sp³-hybridized carbons (Fsp3) is 1.00. The van der Waals surface area contributed by atoms with E-state index in [0.29, 0.717) is 18.5 Å². The number of rotatable bonds is 7. The molecule has 0 spiro atoms. The lowest BCUT2D eigenvalue weighted by molar-refractivity contribution is 0.179. The van der Waals surface area contributed by atoms with Gasteiger partial charge in [0.15, 0.2) is 0 Å². The van der Waals surface area contributed by atoms with Crippen LogP contribution in [0.3, 0.4) is 0 Å². The van der Waals surface area contributed by atoms with Gasteiger partial charge in [-0.05, 0) is 13.0 Å². The first-order valence-corrected chi connectivity index (χ1v) is 5.96. The van der Waals surface area contributed by atoms with Crippen molar-refractivity contribution >= 4 is 12.6 Å². The van der Waals surface area contributed by atoms with Crippen LogP contribution in [0.1, 0.15) is 20.3 Å². The van der Waals surface area contributed by atoms with Gasteiger partial charge in [-0.25, -0.2) is 0 Å². The predicted octanol–water partition coefficient (Wildman–Crippen LogP) is 0.549. The summed E-state index contributed by atoms with van der Waals surface area (Å²) in [6, 6.07) is 0.576. The number of thiol groups is 1. The molecule has 14 heavy (non-hydrogen) atoms.